The Kier molecular flexibility index (Phi) is 4.44. The van der Waals surface area contributed by atoms with E-state index in [2.05, 4.69) is 0 Å². The van der Waals surface area contributed by atoms with Crippen LogP contribution in [0.15, 0.2) is 0 Å². The van der Waals surface area contributed by atoms with Crippen LogP contribution in [-0.4, -0.2) is 67.1 Å². The van der Waals surface area contributed by atoms with E-state index in [1.165, 1.54) is 0 Å². The first-order chi connectivity index (χ1) is 7.22. The molecule has 1 rings (SSSR count). The minimum absolute atomic E-state index is 0.230. The molecule has 0 spiro atoms. The summed E-state index contributed by atoms with van der Waals surface area (Å²) in [7, 11) is -4.23. The van der Waals surface area contributed by atoms with E-state index in [1.54, 1.807) is 0 Å². The smallest absolute Gasteiger partial charge is 0.325 e. The van der Waals surface area contributed by atoms with Crippen molar-refractivity contribution in [3.8, 4) is 0 Å². The topological polar surface area (TPSA) is 148 Å². The molecule has 9 heteroatoms. The number of rotatable bonds is 3. The Morgan fingerprint density at radius 1 is 1.00 bits per heavy atom. The molecule has 0 bridgehead atoms. The van der Waals surface area contributed by atoms with E-state index in [0.29, 0.717) is 0 Å². The maximum absolute atomic E-state index is 10.6. The molecule has 0 radical (unpaired) electrons. The van der Waals surface area contributed by atoms with Gasteiger partial charge in [0.2, 0.25) is 0 Å². The van der Waals surface area contributed by atoms with Crippen molar-refractivity contribution in [2.75, 3.05) is 6.16 Å². The molecule has 0 aromatic carbocycles. The summed E-state index contributed by atoms with van der Waals surface area (Å²) in [5, 5.41) is 37.0. The zero-order valence-electron chi connectivity index (χ0n) is 8.25. The monoisotopic (exact) mass is 258 g/mol. The molecule has 0 aromatic rings. The van der Waals surface area contributed by atoms with Gasteiger partial charge in [-0.15, -0.1) is 0 Å². The number of ether oxygens (including phenoxy) is 1. The first-order valence-corrected chi connectivity index (χ1v) is 6.44. The zero-order valence-corrected chi connectivity index (χ0v) is 9.14. The van der Waals surface area contributed by atoms with Crippen LogP contribution in [-0.2, 0) is 9.30 Å². The molecule has 16 heavy (non-hydrogen) atoms. The van der Waals surface area contributed by atoms with Crippen LogP contribution in [0.25, 0.3) is 0 Å². The number of aliphatic hydroxyl groups is 4. The maximum Gasteiger partial charge on any atom is 0.325 e. The molecule has 6 N–H and O–H groups in total. The third kappa shape index (κ3) is 3.47. The second-order valence-electron chi connectivity index (χ2n) is 3.71. The summed E-state index contributed by atoms with van der Waals surface area (Å²) in [5.41, 5.74) is 0. The van der Waals surface area contributed by atoms with Gasteiger partial charge in [-0.05, 0) is 6.42 Å². The van der Waals surface area contributed by atoms with Crippen molar-refractivity contribution in [3.63, 3.8) is 0 Å². The third-order valence-corrected chi connectivity index (χ3v) is 3.23. The van der Waals surface area contributed by atoms with Crippen molar-refractivity contribution >= 4 is 7.60 Å². The van der Waals surface area contributed by atoms with E-state index in [-0.39, 0.29) is 6.42 Å². The lowest BCUT2D eigenvalue weighted by molar-refractivity contribution is -0.281. The maximum atomic E-state index is 10.6. The van der Waals surface area contributed by atoms with Crippen LogP contribution in [0.3, 0.4) is 0 Å². The highest BCUT2D eigenvalue weighted by atomic mass is 31.2. The fourth-order valence-electron chi connectivity index (χ4n) is 1.46. The fourth-order valence-corrected chi connectivity index (χ4v) is 2.06. The minimum Gasteiger partial charge on any atom is -0.388 e. The van der Waals surface area contributed by atoms with Crippen molar-refractivity contribution in [3.05, 3.63) is 0 Å². The molecule has 1 heterocycles. The van der Waals surface area contributed by atoms with Crippen LogP contribution in [0.5, 0.6) is 0 Å². The molecule has 1 aliphatic heterocycles. The Hall–Kier alpha value is -0.0500. The number of hydrogen-bond acceptors (Lipinski definition) is 6. The van der Waals surface area contributed by atoms with Crippen molar-refractivity contribution in [2.45, 2.75) is 37.1 Å². The Bertz CT molecular complexity index is 278. The standard InChI is InChI=1S/C7H15O8P/c8-4-3(1-2-16(12,13)14)15-7(11)6(10)5(4)9/h3-11H,1-2H2,(H2,12,13,14)/t3-,4-,5+,6-,7?/m1/s1. The molecule has 1 fully saturated rings. The third-order valence-electron chi connectivity index (χ3n) is 2.39. The van der Waals surface area contributed by atoms with Gasteiger partial charge in [0.15, 0.2) is 6.29 Å². The van der Waals surface area contributed by atoms with Crippen LogP contribution >= 0.6 is 7.60 Å². The molecule has 0 aromatic heterocycles. The summed E-state index contributed by atoms with van der Waals surface area (Å²) in [5.74, 6) is 0. The van der Waals surface area contributed by atoms with Crippen molar-refractivity contribution < 1.29 is 39.5 Å². The van der Waals surface area contributed by atoms with E-state index in [9.17, 15) is 14.8 Å². The average molecular weight is 258 g/mol. The Morgan fingerprint density at radius 2 is 1.56 bits per heavy atom. The lowest BCUT2D eigenvalue weighted by Gasteiger charge is -2.38. The van der Waals surface area contributed by atoms with Gasteiger partial charge in [-0.3, -0.25) is 4.57 Å². The first kappa shape index (κ1) is 14.0. The van der Waals surface area contributed by atoms with Gasteiger partial charge in [0.1, 0.15) is 18.3 Å². The second-order valence-corrected chi connectivity index (χ2v) is 5.49. The Morgan fingerprint density at radius 3 is 2.06 bits per heavy atom. The summed E-state index contributed by atoms with van der Waals surface area (Å²) >= 11 is 0. The summed E-state index contributed by atoms with van der Waals surface area (Å²) in [6, 6.07) is 0. The predicted octanol–water partition coefficient (Wildman–Crippen LogP) is -2.65. The molecular weight excluding hydrogens is 243 g/mol. The SMILES string of the molecule is O=P(O)(O)CC[C@H]1OC(O)[C@H](O)[C@@H](O)[C@@H]1O. The lowest BCUT2D eigenvalue weighted by Crippen LogP contribution is -2.57. The molecule has 8 nitrogen and oxygen atoms in total. The van der Waals surface area contributed by atoms with Crippen LogP contribution < -0.4 is 0 Å². The average Bonchev–Trinajstić information content (AvgIpc) is 2.17. The summed E-state index contributed by atoms with van der Waals surface area (Å²) in [4.78, 5) is 17.2. The number of aliphatic hydroxyl groups excluding tert-OH is 4. The molecule has 96 valence electrons. The minimum atomic E-state index is -4.23. The summed E-state index contributed by atoms with van der Waals surface area (Å²) < 4.78 is 15.3. The molecule has 1 aliphatic rings. The van der Waals surface area contributed by atoms with E-state index in [0.717, 1.165) is 0 Å². The second kappa shape index (κ2) is 5.07. The summed E-state index contributed by atoms with van der Waals surface area (Å²) in [6.07, 6.45) is -8.31. The highest BCUT2D eigenvalue weighted by Gasteiger charge is 2.43. The molecule has 0 aliphatic carbocycles. The van der Waals surface area contributed by atoms with E-state index in [1.807, 2.05) is 0 Å². The molecule has 1 saturated heterocycles. The van der Waals surface area contributed by atoms with Gasteiger partial charge in [-0.1, -0.05) is 0 Å². The van der Waals surface area contributed by atoms with Crippen LogP contribution in [0.2, 0.25) is 0 Å². The largest absolute Gasteiger partial charge is 0.388 e. The van der Waals surface area contributed by atoms with Gasteiger partial charge in [0.05, 0.1) is 12.3 Å². The molecule has 1 unspecified atom stereocenters. The highest BCUT2D eigenvalue weighted by molar-refractivity contribution is 7.51. The Labute approximate surface area is 91.3 Å². The molecule has 0 amide bonds. The Balaban J connectivity index is 2.57. The fraction of sp³-hybridized carbons (Fsp3) is 1.00. The van der Waals surface area contributed by atoms with E-state index < -0.39 is 44.5 Å². The highest BCUT2D eigenvalue weighted by Crippen LogP contribution is 2.36. The number of hydrogen-bond donors (Lipinski definition) is 6. The van der Waals surface area contributed by atoms with Crippen molar-refractivity contribution in [1.82, 2.24) is 0 Å². The quantitative estimate of drug-likeness (QED) is 0.301. The molecule has 0 saturated carbocycles. The van der Waals surface area contributed by atoms with Crippen LogP contribution in [0, 0.1) is 0 Å². The van der Waals surface area contributed by atoms with E-state index >= 15 is 0 Å². The summed E-state index contributed by atoms with van der Waals surface area (Å²) in [6.45, 7) is 0. The molecule has 5 atom stereocenters. The predicted molar refractivity (Wildman–Crippen MR) is 50.4 cm³/mol. The van der Waals surface area contributed by atoms with Crippen LogP contribution in [0.4, 0.5) is 0 Å². The lowest BCUT2D eigenvalue weighted by atomic mass is 9.97. The first-order valence-electron chi connectivity index (χ1n) is 4.64. The van der Waals surface area contributed by atoms with Gasteiger partial charge in [0, 0.05) is 0 Å². The van der Waals surface area contributed by atoms with Crippen molar-refractivity contribution in [2.24, 2.45) is 0 Å². The van der Waals surface area contributed by atoms with Crippen LogP contribution in [0.1, 0.15) is 6.42 Å². The normalized spacial score (nSPS) is 41.0. The van der Waals surface area contributed by atoms with Gasteiger partial charge < -0.3 is 34.9 Å². The van der Waals surface area contributed by atoms with E-state index in [4.69, 9.17) is 24.7 Å². The molecular formula is C7H15O8P. The van der Waals surface area contributed by atoms with Gasteiger partial charge in [-0.2, -0.15) is 0 Å². The van der Waals surface area contributed by atoms with Gasteiger partial charge >= 0.3 is 7.60 Å². The van der Waals surface area contributed by atoms with Crippen molar-refractivity contribution in [1.29, 1.82) is 0 Å². The zero-order chi connectivity index (χ0) is 12.5. The van der Waals surface area contributed by atoms with Gasteiger partial charge in [-0.25, -0.2) is 0 Å². The van der Waals surface area contributed by atoms with Gasteiger partial charge in [0.25, 0.3) is 0 Å².